The maximum atomic E-state index is 14.5. The minimum Gasteiger partial charge on any atom is -0.442 e. The van der Waals surface area contributed by atoms with Crippen LogP contribution < -0.4 is 5.32 Å². The lowest BCUT2D eigenvalue weighted by molar-refractivity contribution is 0.0601. The van der Waals surface area contributed by atoms with E-state index in [2.05, 4.69) is 10.3 Å². The van der Waals surface area contributed by atoms with E-state index in [1.807, 2.05) is 0 Å². The summed E-state index contributed by atoms with van der Waals surface area (Å²) in [7, 11) is -2.69. The van der Waals surface area contributed by atoms with Gasteiger partial charge in [-0.05, 0) is 26.8 Å². The van der Waals surface area contributed by atoms with Crippen molar-refractivity contribution in [3.8, 4) is 0 Å². The van der Waals surface area contributed by atoms with Crippen LogP contribution in [0.25, 0.3) is 0 Å². The van der Waals surface area contributed by atoms with E-state index in [9.17, 15) is 17.6 Å². The molecule has 0 aliphatic carbocycles. The van der Waals surface area contributed by atoms with Crippen LogP contribution in [0.4, 0.5) is 9.18 Å². The molecule has 0 spiro atoms. The number of carbonyl (C=O) groups is 1. The number of ether oxygens (including phenoxy) is 2. The fraction of sp³-hybridized carbons (Fsp3) is 0.529. The molecule has 1 aromatic carbocycles. The number of hydrogen-bond donors (Lipinski definition) is 1. The number of amides is 1. The van der Waals surface area contributed by atoms with Crippen molar-refractivity contribution in [1.29, 1.82) is 0 Å². The normalized spacial score (nSPS) is 28.6. The Morgan fingerprint density at radius 2 is 2.07 bits per heavy atom. The molecule has 2 saturated heterocycles. The fourth-order valence-corrected chi connectivity index (χ4v) is 4.96. The Labute approximate surface area is 157 Å². The second kappa shape index (κ2) is 6.45. The Morgan fingerprint density at radius 3 is 2.70 bits per heavy atom. The predicted molar refractivity (Wildman–Crippen MR) is 96.2 cm³/mol. The molecule has 0 bridgehead atoms. The molecule has 2 aliphatic heterocycles. The molecule has 2 aliphatic rings. The van der Waals surface area contributed by atoms with Crippen LogP contribution in [0.3, 0.4) is 0 Å². The van der Waals surface area contributed by atoms with Gasteiger partial charge in [0.2, 0.25) is 16.0 Å². The smallest absolute Gasteiger partial charge is 0.437 e. The number of hydrogen-bond acceptors (Lipinski definition) is 5. The highest BCUT2D eigenvalue weighted by Crippen LogP contribution is 2.40. The SMILES string of the molecule is CN1/C(=N\C(=O)OC(C)(C)C)N[C@@]2(c3ccccc3F)COCC2S1(=O)=O. The van der Waals surface area contributed by atoms with E-state index in [0.29, 0.717) is 0 Å². The molecular formula is C17H22FN3O5S. The molecule has 0 saturated carbocycles. The summed E-state index contributed by atoms with van der Waals surface area (Å²) < 4.78 is 52.0. The van der Waals surface area contributed by atoms with E-state index in [1.54, 1.807) is 26.8 Å². The number of fused-ring (bicyclic) bond motifs is 1. The first kappa shape index (κ1) is 19.6. The molecule has 8 nitrogen and oxygen atoms in total. The molecule has 2 heterocycles. The predicted octanol–water partition coefficient (Wildman–Crippen LogP) is 1.58. The molecule has 1 aromatic rings. The molecule has 1 unspecified atom stereocenters. The van der Waals surface area contributed by atoms with Gasteiger partial charge in [0.1, 0.15) is 22.2 Å². The number of halogens is 1. The Bertz CT molecular complexity index is 896. The first-order chi connectivity index (χ1) is 12.5. The number of carbonyl (C=O) groups excluding carboxylic acids is 1. The van der Waals surface area contributed by atoms with Crippen molar-refractivity contribution in [3.63, 3.8) is 0 Å². The van der Waals surface area contributed by atoms with Crippen molar-refractivity contribution in [1.82, 2.24) is 9.62 Å². The van der Waals surface area contributed by atoms with E-state index in [4.69, 9.17) is 9.47 Å². The monoisotopic (exact) mass is 399 g/mol. The van der Waals surface area contributed by atoms with Crippen LogP contribution in [-0.4, -0.2) is 55.9 Å². The number of nitrogens with one attached hydrogen (secondary N) is 1. The van der Waals surface area contributed by atoms with E-state index in [-0.39, 0.29) is 24.7 Å². The van der Waals surface area contributed by atoms with Gasteiger partial charge in [-0.15, -0.1) is 4.99 Å². The zero-order valence-electron chi connectivity index (χ0n) is 15.5. The zero-order valence-corrected chi connectivity index (χ0v) is 16.3. The summed E-state index contributed by atoms with van der Waals surface area (Å²) in [6.07, 6.45) is -0.951. The molecular weight excluding hydrogens is 377 g/mol. The molecule has 10 heteroatoms. The van der Waals surface area contributed by atoms with Crippen LogP contribution in [0.5, 0.6) is 0 Å². The highest BCUT2D eigenvalue weighted by atomic mass is 32.2. The van der Waals surface area contributed by atoms with Gasteiger partial charge in [0.15, 0.2) is 0 Å². The summed E-state index contributed by atoms with van der Waals surface area (Å²) in [4.78, 5) is 15.9. The van der Waals surface area contributed by atoms with Gasteiger partial charge in [0.25, 0.3) is 0 Å². The van der Waals surface area contributed by atoms with Crippen molar-refractivity contribution >= 4 is 22.1 Å². The van der Waals surface area contributed by atoms with E-state index < -0.39 is 38.3 Å². The quantitative estimate of drug-likeness (QED) is 0.770. The molecule has 3 rings (SSSR count). The lowest BCUT2D eigenvalue weighted by atomic mass is 9.88. The molecule has 27 heavy (non-hydrogen) atoms. The van der Waals surface area contributed by atoms with Gasteiger partial charge in [-0.25, -0.2) is 21.9 Å². The summed E-state index contributed by atoms with van der Waals surface area (Å²) in [5.41, 5.74) is -2.05. The third-order valence-corrected chi connectivity index (χ3v) is 6.66. The van der Waals surface area contributed by atoms with Gasteiger partial charge < -0.3 is 14.8 Å². The molecule has 0 aromatic heterocycles. The summed E-state index contributed by atoms with van der Waals surface area (Å²) in [5, 5.41) is 1.87. The first-order valence-electron chi connectivity index (χ1n) is 8.38. The zero-order chi connectivity index (χ0) is 20.0. The summed E-state index contributed by atoms with van der Waals surface area (Å²) in [6.45, 7) is 4.82. The second-order valence-corrected chi connectivity index (χ2v) is 9.65. The van der Waals surface area contributed by atoms with E-state index in [1.165, 1.54) is 25.2 Å². The van der Waals surface area contributed by atoms with Gasteiger partial charge in [-0.2, -0.15) is 0 Å². The average molecular weight is 399 g/mol. The molecule has 1 N–H and O–H groups in total. The fourth-order valence-electron chi connectivity index (χ4n) is 3.22. The molecule has 2 fully saturated rings. The van der Waals surface area contributed by atoms with Crippen LogP contribution in [0, 0.1) is 5.82 Å². The van der Waals surface area contributed by atoms with E-state index in [0.717, 1.165) is 4.31 Å². The molecule has 0 radical (unpaired) electrons. The average Bonchev–Trinajstić information content (AvgIpc) is 2.97. The third kappa shape index (κ3) is 3.39. The Balaban J connectivity index is 2.09. The number of rotatable bonds is 1. The number of guanidine groups is 1. The standard InChI is InChI=1S/C17H22FN3O5S/c1-16(2,3)26-15(22)19-14-20-17(11-7-5-6-8-12(11)18)10-25-9-13(17)27(23,24)21(14)4/h5-8,13H,9-10H2,1-4H3,(H,19,20,22)/t13?,17-/m1/s1. The van der Waals surface area contributed by atoms with Crippen molar-refractivity contribution in [2.45, 2.75) is 37.2 Å². The van der Waals surface area contributed by atoms with Gasteiger partial charge in [-0.1, -0.05) is 18.2 Å². The van der Waals surface area contributed by atoms with Crippen LogP contribution in [0.15, 0.2) is 29.3 Å². The van der Waals surface area contributed by atoms with Crippen molar-refractivity contribution < 1.29 is 27.1 Å². The maximum Gasteiger partial charge on any atom is 0.437 e. The van der Waals surface area contributed by atoms with Crippen LogP contribution in [0.1, 0.15) is 26.3 Å². The summed E-state index contributed by atoms with van der Waals surface area (Å²) in [5.74, 6) is -0.814. The number of aliphatic imine (C=N–C) groups is 1. The van der Waals surface area contributed by atoms with Gasteiger partial charge in [0, 0.05) is 12.6 Å². The number of benzene rings is 1. The van der Waals surface area contributed by atoms with Crippen molar-refractivity contribution in [3.05, 3.63) is 35.6 Å². The van der Waals surface area contributed by atoms with Crippen LogP contribution in [0.2, 0.25) is 0 Å². The third-order valence-electron chi connectivity index (χ3n) is 4.47. The lowest BCUT2D eigenvalue weighted by Gasteiger charge is -2.43. The van der Waals surface area contributed by atoms with Crippen LogP contribution >= 0.6 is 0 Å². The Hall–Kier alpha value is -2.20. The topological polar surface area (TPSA) is 97.3 Å². The molecule has 148 valence electrons. The van der Waals surface area contributed by atoms with Gasteiger partial charge >= 0.3 is 6.09 Å². The minimum atomic E-state index is -3.96. The second-order valence-electron chi connectivity index (χ2n) is 7.51. The summed E-state index contributed by atoms with van der Waals surface area (Å²) >= 11 is 0. The molecule has 2 atom stereocenters. The Morgan fingerprint density at radius 1 is 1.41 bits per heavy atom. The Kier molecular flexibility index (Phi) is 4.67. The van der Waals surface area contributed by atoms with Crippen LogP contribution in [-0.2, 0) is 25.0 Å². The van der Waals surface area contributed by atoms with Gasteiger partial charge in [0.05, 0.1) is 13.2 Å². The summed E-state index contributed by atoms with van der Waals surface area (Å²) in [6, 6.07) is 5.87. The largest absolute Gasteiger partial charge is 0.442 e. The number of nitrogens with zero attached hydrogens (tertiary/aromatic N) is 2. The highest BCUT2D eigenvalue weighted by Gasteiger charge is 2.59. The van der Waals surface area contributed by atoms with Crippen molar-refractivity contribution in [2.24, 2.45) is 4.99 Å². The molecule has 1 amide bonds. The highest BCUT2D eigenvalue weighted by molar-refractivity contribution is 7.90. The van der Waals surface area contributed by atoms with Gasteiger partial charge in [-0.3, -0.25) is 0 Å². The van der Waals surface area contributed by atoms with E-state index >= 15 is 0 Å². The lowest BCUT2D eigenvalue weighted by Crippen LogP contribution is -2.67. The number of sulfonamides is 1. The minimum absolute atomic E-state index is 0.0843. The first-order valence-corrected chi connectivity index (χ1v) is 9.88. The maximum absolute atomic E-state index is 14.5. The van der Waals surface area contributed by atoms with Crippen molar-refractivity contribution in [2.75, 3.05) is 20.3 Å².